The Balaban J connectivity index is 1.70. The third-order valence-corrected chi connectivity index (χ3v) is 5.04. The third-order valence-electron chi connectivity index (χ3n) is 3.55. The molecule has 0 atom stereocenters. The minimum absolute atomic E-state index is 0.200. The van der Waals surface area contributed by atoms with Gasteiger partial charge in [-0.15, -0.1) is 0 Å². The van der Waals surface area contributed by atoms with E-state index in [1.165, 1.54) is 18.4 Å². The Kier molecular flexibility index (Phi) is 3.85. The molecule has 1 aromatic heterocycles. The molecule has 0 saturated carbocycles. The highest BCUT2D eigenvalue weighted by Gasteiger charge is 2.40. The Bertz CT molecular complexity index is 506. The van der Waals surface area contributed by atoms with Crippen molar-refractivity contribution in [1.29, 1.82) is 0 Å². The molecule has 2 fully saturated rings. The van der Waals surface area contributed by atoms with E-state index in [0.717, 1.165) is 31.1 Å². The topological polar surface area (TPSA) is 60.9 Å². The van der Waals surface area contributed by atoms with Crippen LogP contribution in [-0.4, -0.2) is 50.2 Å². The van der Waals surface area contributed by atoms with Gasteiger partial charge in [-0.2, -0.15) is 0 Å². The number of carbonyl (C=O) groups is 1. The summed E-state index contributed by atoms with van der Waals surface area (Å²) in [6, 6.07) is 0. The van der Waals surface area contributed by atoms with Crippen molar-refractivity contribution < 1.29 is 19.0 Å². The molecule has 0 unspecified atom stereocenters. The number of piperidine rings is 1. The summed E-state index contributed by atoms with van der Waals surface area (Å²) >= 11 is 7.24. The molecule has 20 heavy (non-hydrogen) atoms. The van der Waals surface area contributed by atoms with Gasteiger partial charge >= 0.3 is 5.97 Å². The van der Waals surface area contributed by atoms with Crippen molar-refractivity contribution in [3.8, 4) is 0 Å². The van der Waals surface area contributed by atoms with Crippen LogP contribution in [0.3, 0.4) is 0 Å². The predicted octanol–water partition coefficient (Wildman–Crippen LogP) is 1.93. The average molecular weight is 319 g/mol. The maximum absolute atomic E-state index is 11.5. The number of halogens is 1. The summed E-state index contributed by atoms with van der Waals surface area (Å²) < 4.78 is 16.1. The summed E-state index contributed by atoms with van der Waals surface area (Å²) in [6.45, 7) is 2.86. The van der Waals surface area contributed by atoms with E-state index in [-0.39, 0.29) is 5.15 Å². The van der Waals surface area contributed by atoms with Gasteiger partial charge in [0.15, 0.2) is 20.9 Å². The lowest BCUT2D eigenvalue weighted by Gasteiger charge is -2.37. The zero-order valence-corrected chi connectivity index (χ0v) is 12.6. The molecule has 2 saturated heterocycles. The second-order valence-electron chi connectivity index (χ2n) is 4.70. The number of carbonyl (C=O) groups excluding carboxylic acids is 1. The fourth-order valence-electron chi connectivity index (χ4n) is 2.47. The molecule has 3 heterocycles. The summed E-state index contributed by atoms with van der Waals surface area (Å²) in [7, 11) is 1.33. The van der Waals surface area contributed by atoms with Crippen molar-refractivity contribution in [1.82, 2.24) is 4.98 Å². The number of aromatic nitrogens is 1. The second-order valence-corrected chi connectivity index (χ2v) is 6.04. The number of ether oxygens (including phenoxy) is 3. The maximum Gasteiger partial charge on any atom is 0.351 e. The van der Waals surface area contributed by atoms with Crippen molar-refractivity contribution in [3.05, 3.63) is 10.0 Å². The molecule has 0 aromatic carbocycles. The van der Waals surface area contributed by atoms with Crippen LogP contribution in [0.25, 0.3) is 0 Å². The number of rotatable bonds is 2. The standard InChI is InChI=1S/C12H15ClN2O4S/c1-17-10(16)8-9(13)14-11(20-8)15-4-2-12(3-5-15)18-6-7-19-12/h2-7H2,1H3. The highest BCUT2D eigenvalue weighted by Crippen LogP contribution is 2.36. The zero-order valence-electron chi connectivity index (χ0n) is 11.1. The van der Waals surface area contributed by atoms with Crippen molar-refractivity contribution in [2.45, 2.75) is 18.6 Å². The van der Waals surface area contributed by atoms with E-state index in [2.05, 4.69) is 14.6 Å². The lowest BCUT2D eigenvalue weighted by molar-refractivity contribution is -0.169. The van der Waals surface area contributed by atoms with E-state index in [1.54, 1.807) is 0 Å². The lowest BCUT2D eigenvalue weighted by Crippen LogP contribution is -2.45. The fourth-order valence-corrected chi connectivity index (χ4v) is 3.72. The molecular formula is C12H15ClN2O4S. The summed E-state index contributed by atoms with van der Waals surface area (Å²) in [6.07, 6.45) is 1.58. The summed E-state index contributed by atoms with van der Waals surface area (Å²) in [5.74, 6) is -0.863. The molecular weight excluding hydrogens is 304 g/mol. The van der Waals surface area contributed by atoms with Crippen LogP contribution in [0.5, 0.6) is 0 Å². The zero-order chi connectivity index (χ0) is 14.2. The van der Waals surface area contributed by atoms with Crippen LogP contribution in [0.4, 0.5) is 5.13 Å². The number of thiazole rings is 1. The molecule has 110 valence electrons. The Morgan fingerprint density at radius 1 is 1.40 bits per heavy atom. The summed E-state index contributed by atoms with van der Waals surface area (Å²) in [5, 5.41) is 0.939. The van der Waals surface area contributed by atoms with Gasteiger partial charge in [0.25, 0.3) is 0 Å². The third kappa shape index (κ3) is 2.50. The molecule has 8 heteroatoms. The molecule has 2 aliphatic heterocycles. The number of methoxy groups -OCH3 is 1. The Morgan fingerprint density at radius 3 is 2.65 bits per heavy atom. The van der Waals surface area contributed by atoms with Crippen molar-refractivity contribution in [3.63, 3.8) is 0 Å². The van der Waals surface area contributed by atoms with Crippen molar-refractivity contribution in [2.75, 3.05) is 38.3 Å². The summed E-state index contributed by atoms with van der Waals surface area (Å²) in [4.78, 5) is 18.2. The van der Waals surface area contributed by atoms with Gasteiger partial charge in [-0.1, -0.05) is 22.9 Å². The molecule has 0 amide bonds. The van der Waals surface area contributed by atoms with Crippen LogP contribution in [0.2, 0.25) is 5.15 Å². The largest absolute Gasteiger partial charge is 0.465 e. The SMILES string of the molecule is COC(=O)c1sc(N2CCC3(CC2)OCCO3)nc1Cl. The van der Waals surface area contributed by atoms with Crippen LogP contribution in [0.15, 0.2) is 0 Å². The van der Waals surface area contributed by atoms with Gasteiger partial charge in [0, 0.05) is 25.9 Å². The van der Waals surface area contributed by atoms with Gasteiger partial charge in [-0.25, -0.2) is 9.78 Å². The number of esters is 1. The first-order valence-electron chi connectivity index (χ1n) is 6.41. The predicted molar refractivity (Wildman–Crippen MR) is 74.5 cm³/mol. The normalized spacial score (nSPS) is 21.4. The number of hydrogen-bond donors (Lipinski definition) is 0. The molecule has 1 spiro atoms. The average Bonchev–Trinajstić information content (AvgIpc) is 3.06. The van der Waals surface area contributed by atoms with E-state index in [0.29, 0.717) is 18.1 Å². The minimum Gasteiger partial charge on any atom is -0.465 e. The van der Waals surface area contributed by atoms with Crippen LogP contribution in [-0.2, 0) is 14.2 Å². The van der Waals surface area contributed by atoms with Crippen LogP contribution in [0.1, 0.15) is 22.5 Å². The summed E-state index contributed by atoms with van der Waals surface area (Å²) in [5.41, 5.74) is 0. The molecule has 0 N–H and O–H groups in total. The smallest absolute Gasteiger partial charge is 0.351 e. The highest BCUT2D eigenvalue weighted by atomic mass is 35.5. The molecule has 0 bridgehead atoms. The molecule has 1 aromatic rings. The van der Waals surface area contributed by atoms with Gasteiger partial charge in [0.2, 0.25) is 0 Å². The van der Waals surface area contributed by atoms with Gasteiger partial charge in [-0.3, -0.25) is 0 Å². The number of hydrogen-bond acceptors (Lipinski definition) is 7. The Hall–Kier alpha value is -0.890. The highest BCUT2D eigenvalue weighted by molar-refractivity contribution is 7.18. The van der Waals surface area contributed by atoms with Crippen LogP contribution >= 0.6 is 22.9 Å². The molecule has 6 nitrogen and oxygen atoms in total. The maximum atomic E-state index is 11.5. The van der Waals surface area contributed by atoms with E-state index >= 15 is 0 Å². The minimum atomic E-state index is -0.449. The van der Waals surface area contributed by atoms with Crippen molar-refractivity contribution in [2.24, 2.45) is 0 Å². The first-order valence-corrected chi connectivity index (χ1v) is 7.60. The van der Waals surface area contributed by atoms with Gasteiger partial charge < -0.3 is 19.1 Å². The van der Waals surface area contributed by atoms with Gasteiger partial charge in [-0.05, 0) is 0 Å². The van der Waals surface area contributed by atoms with E-state index in [9.17, 15) is 4.79 Å². The molecule has 3 rings (SSSR count). The van der Waals surface area contributed by atoms with E-state index in [1.807, 2.05) is 0 Å². The molecule has 0 aliphatic carbocycles. The van der Waals surface area contributed by atoms with Crippen LogP contribution < -0.4 is 4.90 Å². The van der Waals surface area contributed by atoms with Crippen molar-refractivity contribution >= 4 is 34.0 Å². The second kappa shape index (κ2) is 5.48. The van der Waals surface area contributed by atoms with Gasteiger partial charge in [0.1, 0.15) is 0 Å². The lowest BCUT2D eigenvalue weighted by atomic mass is 10.0. The van der Waals surface area contributed by atoms with Gasteiger partial charge in [0.05, 0.1) is 20.3 Å². The molecule has 2 aliphatic rings. The quantitative estimate of drug-likeness (QED) is 0.777. The Labute approximate surface area is 125 Å². The van der Waals surface area contributed by atoms with E-state index in [4.69, 9.17) is 21.1 Å². The fraction of sp³-hybridized carbons (Fsp3) is 0.667. The first-order chi connectivity index (χ1) is 9.63. The Morgan fingerprint density at radius 2 is 2.05 bits per heavy atom. The monoisotopic (exact) mass is 318 g/mol. The van der Waals surface area contributed by atoms with E-state index < -0.39 is 11.8 Å². The van der Waals surface area contributed by atoms with Crippen LogP contribution in [0, 0.1) is 0 Å². The first kappa shape index (κ1) is 14.1. The number of nitrogens with zero attached hydrogens (tertiary/aromatic N) is 2. The molecule has 0 radical (unpaired) electrons. The number of anilines is 1.